The highest BCUT2D eigenvalue weighted by molar-refractivity contribution is 5.78. The molecule has 0 aliphatic heterocycles. The monoisotopic (exact) mass is 282 g/mol. The highest BCUT2D eigenvalue weighted by Crippen LogP contribution is 2.28. The van der Waals surface area contributed by atoms with E-state index < -0.39 is 0 Å². The summed E-state index contributed by atoms with van der Waals surface area (Å²) in [5, 5.41) is 0. The lowest BCUT2D eigenvalue weighted by molar-refractivity contribution is -0.116. The largest absolute Gasteiger partial charge is 0.490 e. The Hall–Kier alpha value is -1.51. The first-order valence-electron chi connectivity index (χ1n) is 7.55. The van der Waals surface area contributed by atoms with Crippen LogP contribution in [0.4, 0.5) is 0 Å². The summed E-state index contributed by atoms with van der Waals surface area (Å²) in [6, 6.07) is 5.62. The van der Waals surface area contributed by atoms with E-state index in [1.165, 1.54) is 0 Å². The number of hydrogen-bond donors (Lipinski definition) is 0. The van der Waals surface area contributed by atoms with E-state index in [1.807, 2.05) is 59.7 Å². The lowest BCUT2D eigenvalue weighted by Crippen LogP contribution is -2.01. The van der Waals surface area contributed by atoms with Crippen LogP contribution in [0, 0.1) is 0 Å². The van der Waals surface area contributed by atoms with E-state index in [2.05, 4.69) is 0 Å². The van der Waals surface area contributed by atoms with Crippen LogP contribution in [-0.2, 0) is 11.2 Å². The smallest absolute Gasteiger partial charge is 0.161 e. The lowest BCUT2D eigenvalue weighted by atomic mass is 10.1. The lowest BCUT2D eigenvalue weighted by Gasteiger charge is -2.11. The number of Topliss-reactive ketones (excluding diaryl/α,β-unsaturated/α-hetero) is 1. The molecule has 0 aliphatic rings. The maximum atomic E-state index is 11.0. The zero-order valence-electron chi connectivity index (χ0n) is 14.1. The molecule has 3 nitrogen and oxygen atoms in total. The van der Waals surface area contributed by atoms with E-state index in [-0.39, 0.29) is 5.78 Å². The van der Waals surface area contributed by atoms with Crippen LogP contribution in [0.15, 0.2) is 18.2 Å². The van der Waals surface area contributed by atoms with Crippen molar-refractivity contribution in [1.82, 2.24) is 0 Å². The Kier molecular flexibility index (Phi) is 14.5. The fourth-order valence-corrected chi connectivity index (χ4v) is 1.49. The van der Waals surface area contributed by atoms with Gasteiger partial charge in [0.2, 0.25) is 0 Å². The molecule has 116 valence electrons. The summed E-state index contributed by atoms with van der Waals surface area (Å²) in [7, 11) is 0. The van der Waals surface area contributed by atoms with Gasteiger partial charge in [-0.25, -0.2) is 0 Å². The fourth-order valence-electron chi connectivity index (χ4n) is 1.49. The van der Waals surface area contributed by atoms with Crippen LogP contribution in [0.25, 0.3) is 0 Å². The van der Waals surface area contributed by atoms with Crippen LogP contribution in [0.5, 0.6) is 11.5 Å². The third-order valence-corrected chi connectivity index (χ3v) is 2.06. The molecular weight excluding hydrogens is 252 g/mol. The molecule has 0 heterocycles. The van der Waals surface area contributed by atoms with Crippen molar-refractivity contribution in [3.05, 3.63) is 23.8 Å². The molecule has 0 fully saturated rings. The Morgan fingerprint density at radius 2 is 1.45 bits per heavy atom. The number of carbonyl (C=O) groups excluding carboxylic acids is 1. The van der Waals surface area contributed by atoms with E-state index in [1.54, 1.807) is 6.92 Å². The molecule has 1 rings (SSSR count). The maximum Gasteiger partial charge on any atom is 0.161 e. The molecule has 0 aromatic heterocycles. The number of benzene rings is 1. The first-order chi connectivity index (χ1) is 9.67. The van der Waals surface area contributed by atoms with Gasteiger partial charge in [-0.1, -0.05) is 33.8 Å². The molecule has 0 spiro atoms. The molecule has 0 atom stereocenters. The van der Waals surface area contributed by atoms with Crippen LogP contribution >= 0.6 is 0 Å². The normalized spacial score (nSPS) is 8.55. The molecule has 20 heavy (non-hydrogen) atoms. The third-order valence-electron chi connectivity index (χ3n) is 2.06. The molecular formula is C17H30O3. The summed E-state index contributed by atoms with van der Waals surface area (Å²) in [5.41, 5.74) is 0.958. The van der Waals surface area contributed by atoms with Crippen LogP contribution in [0.2, 0.25) is 0 Å². The van der Waals surface area contributed by atoms with Crippen LogP contribution in [-0.4, -0.2) is 19.0 Å². The highest BCUT2D eigenvalue weighted by Gasteiger charge is 2.07. The van der Waals surface area contributed by atoms with Crippen molar-refractivity contribution in [2.24, 2.45) is 0 Å². The Balaban J connectivity index is 0. The Morgan fingerprint density at radius 1 is 0.950 bits per heavy atom. The Bertz CT molecular complexity index is 359. The third kappa shape index (κ3) is 8.57. The van der Waals surface area contributed by atoms with Crippen LogP contribution < -0.4 is 9.47 Å². The van der Waals surface area contributed by atoms with Crippen molar-refractivity contribution in [3.63, 3.8) is 0 Å². The first-order valence-corrected chi connectivity index (χ1v) is 7.55. The summed E-state index contributed by atoms with van der Waals surface area (Å²) in [5.74, 6) is 1.59. The summed E-state index contributed by atoms with van der Waals surface area (Å²) in [6.07, 6.45) is 0.437. The van der Waals surface area contributed by atoms with Crippen molar-refractivity contribution < 1.29 is 14.3 Å². The van der Waals surface area contributed by atoms with E-state index in [0.717, 1.165) is 11.3 Å². The number of rotatable bonds is 6. The summed E-state index contributed by atoms with van der Waals surface area (Å²) in [6.45, 7) is 14.6. The van der Waals surface area contributed by atoms with Gasteiger partial charge in [0.1, 0.15) is 5.78 Å². The zero-order chi connectivity index (χ0) is 16.0. The topological polar surface area (TPSA) is 35.5 Å². The van der Waals surface area contributed by atoms with Gasteiger partial charge in [-0.05, 0) is 38.5 Å². The SMILES string of the molecule is CC.CC.CCOc1ccc(CC(C)=O)cc1OCC. The molecule has 0 amide bonds. The van der Waals surface area contributed by atoms with Crippen molar-refractivity contribution in [3.8, 4) is 11.5 Å². The van der Waals surface area contributed by atoms with Crippen molar-refractivity contribution >= 4 is 5.78 Å². The fraction of sp³-hybridized carbons (Fsp3) is 0.588. The zero-order valence-corrected chi connectivity index (χ0v) is 14.1. The number of ether oxygens (including phenoxy) is 2. The molecule has 1 aromatic rings. The molecule has 0 saturated carbocycles. The molecule has 0 unspecified atom stereocenters. The standard InChI is InChI=1S/C13H18O3.2C2H6/c1-4-15-12-7-6-11(8-10(3)14)9-13(12)16-5-2;2*1-2/h6-7,9H,4-5,8H2,1-3H3;2*1-2H3. The van der Waals surface area contributed by atoms with E-state index >= 15 is 0 Å². The van der Waals surface area contributed by atoms with Crippen molar-refractivity contribution in [2.45, 2.75) is 54.9 Å². The van der Waals surface area contributed by atoms with Gasteiger partial charge >= 0.3 is 0 Å². The van der Waals surface area contributed by atoms with Gasteiger partial charge in [-0.3, -0.25) is 4.79 Å². The second-order valence-electron chi connectivity index (χ2n) is 3.53. The molecule has 0 saturated heterocycles. The first kappa shape index (κ1) is 20.8. The van der Waals surface area contributed by atoms with Gasteiger partial charge in [-0.15, -0.1) is 0 Å². The van der Waals surface area contributed by atoms with Gasteiger partial charge < -0.3 is 9.47 Å². The Labute approximate surface area is 124 Å². The van der Waals surface area contributed by atoms with Gasteiger partial charge in [0.05, 0.1) is 13.2 Å². The predicted octanol–water partition coefficient (Wildman–Crippen LogP) is 4.67. The summed E-state index contributed by atoms with van der Waals surface area (Å²) >= 11 is 0. The molecule has 0 radical (unpaired) electrons. The average Bonchev–Trinajstić information content (AvgIpc) is 2.46. The minimum atomic E-state index is 0.145. The van der Waals surface area contributed by atoms with Crippen molar-refractivity contribution in [2.75, 3.05) is 13.2 Å². The molecule has 3 heteroatoms. The van der Waals surface area contributed by atoms with E-state index in [4.69, 9.17) is 9.47 Å². The van der Waals surface area contributed by atoms with E-state index in [0.29, 0.717) is 25.4 Å². The molecule has 0 N–H and O–H groups in total. The molecule has 1 aromatic carbocycles. The minimum absolute atomic E-state index is 0.145. The number of ketones is 1. The average molecular weight is 282 g/mol. The molecule has 0 bridgehead atoms. The number of carbonyl (C=O) groups is 1. The molecule has 0 aliphatic carbocycles. The van der Waals surface area contributed by atoms with E-state index in [9.17, 15) is 4.79 Å². The van der Waals surface area contributed by atoms with Gasteiger partial charge in [0, 0.05) is 6.42 Å². The van der Waals surface area contributed by atoms with Crippen LogP contribution in [0.1, 0.15) is 54.0 Å². The Morgan fingerprint density at radius 3 is 1.90 bits per heavy atom. The second-order valence-corrected chi connectivity index (χ2v) is 3.53. The summed E-state index contributed by atoms with van der Waals surface area (Å²) in [4.78, 5) is 11.0. The van der Waals surface area contributed by atoms with Gasteiger partial charge in [0.25, 0.3) is 0 Å². The van der Waals surface area contributed by atoms with Crippen molar-refractivity contribution in [1.29, 1.82) is 0 Å². The number of hydrogen-bond acceptors (Lipinski definition) is 3. The minimum Gasteiger partial charge on any atom is -0.490 e. The van der Waals surface area contributed by atoms with Gasteiger partial charge in [0.15, 0.2) is 11.5 Å². The highest BCUT2D eigenvalue weighted by atomic mass is 16.5. The van der Waals surface area contributed by atoms with Gasteiger partial charge in [-0.2, -0.15) is 0 Å². The maximum absolute atomic E-state index is 11.0. The van der Waals surface area contributed by atoms with Crippen LogP contribution in [0.3, 0.4) is 0 Å². The predicted molar refractivity (Wildman–Crippen MR) is 85.9 cm³/mol. The summed E-state index contributed by atoms with van der Waals surface area (Å²) < 4.78 is 10.9. The quantitative estimate of drug-likeness (QED) is 0.760. The second kappa shape index (κ2) is 13.9.